The minimum absolute atomic E-state index is 0.142. The van der Waals surface area contributed by atoms with Gasteiger partial charge in [-0.2, -0.15) is 0 Å². The van der Waals surface area contributed by atoms with Gasteiger partial charge in [0.1, 0.15) is 0 Å². The number of carbonyl (C=O) groups is 2. The quantitative estimate of drug-likeness (QED) is 0.503. The zero-order valence-electron chi connectivity index (χ0n) is 16.4. The number of hydrogen-bond donors (Lipinski definition) is 0. The summed E-state index contributed by atoms with van der Waals surface area (Å²) in [7, 11) is 0. The van der Waals surface area contributed by atoms with Crippen LogP contribution in [-0.2, 0) is 16.2 Å². The Balaban J connectivity index is 1.62. The number of rotatable bonds is 3. The Hall–Kier alpha value is -2.47. The van der Waals surface area contributed by atoms with Gasteiger partial charge in [-0.05, 0) is 42.0 Å². The molecule has 3 aromatic carbocycles. The minimum Gasteiger partial charge on any atom is -0.311 e. The summed E-state index contributed by atoms with van der Waals surface area (Å²) in [6.07, 6.45) is 0. The third-order valence-electron chi connectivity index (χ3n) is 5.71. The maximum absolute atomic E-state index is 14.0. The SMILES string of the molecule is O=C(c1ccccc1)N1CCS[C@@]12C(=O)N(Cc1ccccc1Cl)c1ccc(Cl)cc12. The van der Waals surface area contributed by atoms with Crippen molar-refractivity contribution in [3.63, 3.8) is 0 Å². The van der Waals surface area contributed by atoms with Gasteiger partial charge < -0.3 is 9.80 Å². The van der Waals surface area contributed by atoms with Gasteiger partial charge >= 0.3 is 0 Å². The normalized spacial score (nSPS) is 19.9. The highest BCUT2D eigenvalue weighted by Crippen LogP contribution is 2.55. The molecule has 0 unspecified atom stereocenters. The van der Waals surface area contributed by atoms with Crippen molar-refractivity contribution in [2.45, 2.75) is 11.4 Å². The van der Waals surface area contributed by atoms with Crippen LogP contribution in [0.2, 0.25) is 10.0 Å². The van der Waals surface area contributed by atoms with Gasteiger partial charge in [0.2, 0.25) is 0 Å². The van der Waals surface area contributed by atoms with E-state index in [4.69, 9.17) is 23.2 Å². The molecule has 7 heteroatoms. The van der Waals surface area contributed by atoms with Crippen molar-refractivity contribution in [1.29, 1.82) is 0 Å². The standard InChI is InChI=1S/C24H18Cl2N2O2S/c25-18-10-11-21-19(14-18)24(23(30)27(21)15-17-8-4-5-9-20(17)26)28(12-13-31-24)22(29)16-6-2-1-3-7-16/h1-11,14H,12-13,15H2/t24-/m0/s1. The van der Waals surface area contributed by atoms with Crippen molar-refractivity contribution in [3.05, 3.63) is 99.5 Å². The van der Waals surface area contributed by atoms with Gasteiger partial charge in [0.05, 0.1) is 12.2 Å². The van der Waals surface area contributed by atoms with E-state index in [0.717, 1.165) is 16.8 Å². The number of nitrogens with zero attached hydrogens (tertiary/aromatic N) is 2. The summed E-state index contributed by atoms with van der Waals surface area (Å²) in [6.45, 7) is 0.804. The fraction of sp³-hybridized carbons (Fsp3) is 0.167. The minimum atomic E-state index is -1.13. The van der Waals surface area contributed by atoms with Crippen molar-refractivity contribution in [3.8, 4) is 0 Å². The summed E-state index contributed by atoms with van der Waals surface area (Å²) < 4.78 is 0. The highest BCUT2D eigenvalue weighted by Gasteiger charge is 2.59. The number of thioether (sulfide) groups is 1. The molecule has 0 bridgehead atoms. The second-order valence-electron chi connectivity index (χ2n) is 7.46. The van der Waals surface area contributed by atoms with E-state index in [-0.39, 0.29) is 11.8 Å². The van der Waals surface area contributed by atoms with E-state index in [1.165, 1.54) is 11.8 Å². The molecule has 0 aliphatic carbocycles. The molecular formula is C24H18Cl2N2O2S. The Bertz CT molecular complexity index is 1190. The van der Waals surface area contributed by atoms with Crippen molar-refractivity contribution >= 4 is 52.5 Å². The molecule has 2 heterocycles. The molecule has 1 saturated heterocycles. The molecule has 1 atom stereocenters. The molecule has 1 spiro atoms. The van der Waals surface area contributed by atoms with E-state index in [1.54, 1.807) is 28.0 Å². The van der Waals surface area contributed by atoms with Crippen molar-refractivity contribution in [2.75, 3.05) is 17.2 Å². The molecule has 0 saturated carbocycles. The van der Waals surface area contributed by atoms with Crippen LogP contribution in [0.5, 0.6) is 0 Å². The van der Waals surface area contributed by atoms with E-state index in [1.807, 2.05) is 54.6 Å². The molecule has 156 valence electrons. The summed E-state index contributed by atoms with van der Waals surface area (Å²) in [5.74, 6) is 0.358. The number of carbonyl (C=O) groups excluding carboxylic acids is 2. The van der Waals surface area contributed by atoms with Crippen LogP contribution in [0.3, 0.4) is 0 Å². The Morgan fingerprint density at radius 2 is 1.74 bits per heavy atom. The predicted octanol–water partition coefficient (Wildman–Crippen LogP) is 5.58. The number of benzene rings is 3. The maximum Gasteiger partial charge on any atom is 0.268 e. The van der Waals surface area contributed by atoms with Gasteiger partial charge in [-0.3, -0.25) is 9.59 Å². The van der Waals surface area contributed by atoms with Gasteiger partial charge in [-0.1, -0.05) is 59.6 Å². The molecule has 3 aromatic rings. The summed E-state index contributed by atoms with van der Waals surface area (Å²) in [5, 5.41) is 1.13. The first-order valence-electron chi connectivity index (χ1n) is 9.89. The van der Waals surface area contributed by atoms with Gasteiger partial charge in [0, 0.05) is 33.5 Å². The monoisotopic (exact) mass is 468 g/mol. The summed E-state index contributed by atoms with van der Waals surface area (Å²) in [4.78, 5) is 29.7. The lowest BCUT2D eigenvalue weighted by atomic mass is 10.0. The molecule has 2 aliphatic heterocycles. The van der Waals surface area contributed by atoms with Crippen LogP contribution in [0, 0.1) is 0 Å². The molecule has 0 N–H and O–H groups in total. The zero-order valence-corrected chi connectivity index (χ0v) is 18.8. The smallest absolute Gasteiger partial charge is 0.268 e. The van der Waals surface area contributed by atoms with E-state index in [2.05, 4.69) is 0 Å². The van der Waals surface area contributed by atoms with Crippen LogP contribution >= 0.6 is 35.0 Å². The fourth-order valence-electron chi connectivity index (χ4n) is 4.28. The third-order valence-corrected chi connectivity index (χ3v) is 7.73. The highest BCUT2D eigenvalue weighted by molar-refractivity contribution is 8.01. The van der Waals surface area contributed by atoms with Crippen LogP contribution in [0.15, 0.2) is 72.8 Å². The Kier molecular flexibility index (Phi) is 5.21. The number of hydrogen-bond acceptors (Lipinski definition) is 3. The number of amides is 2. The topological polar surface area (TPSA) is 40.6 Å². The Labute approximate surface area is 194 Å². The van der Waals surface area contributed by atoms with E-state index in [0.29, 0.717) is 34.5 Å². The van der Waals surface area contributed by atoms with Crippen molar-refractivity contribution in [1.82, 2.24) is 4.90 Å². The summed E-state index contributed by atoms with van der Waals surface area (Å²) in [6, 6.07) is 22.0. The molecule has 31 heavy (non-hydrogen) atoms. The van der Waals surface area contributed by atoms with Crippen LogP contribution in [0.4, 0.5) is 5.69 Å². The van der Waals surface area contributed by atoms with Crippen LogP contribution in [0.25, 0.3) is 0 Å². The molecule has 1 fully saturated rings. The number of fused-ring (bicyclic) bond motifs is 2. The van der Waals surface area contributed by atoms with Gasteiger partial charge in [-0.15, -0.1) is 11.8 Å². The predicted molar refractivity (Wildman–Crippen MR) is 126 cm³/mol. The lowest BCUT2D eigenvalue weighted by Gasteiger charge is -2.33. The van der Waals surface area contributed by atoms with Crippen molar-refractivity contribution in [2.24, 2.45) is 0 Å². The lowest BCUT2D eigenvalue weighted by Crippen LogP contribution is -2.50. The van der Waals surface area contributed by atoms with Crippen molar-refractivity contribution < 1.29 is 9.59 Å². The number of anilines is 1. The first kappa shape index (κ1) is 20.4. The Morgan fingerprint density at radius 3 is 2.52 bits per heavy atom. The first-order chi connectivity index (χ1) is 15.0. The second kappa shape index (κ2) is 7.90. The first-order valence-corrected chi connectivity index (χ1v) is 11.6. The molecule has 2 aliphatic rings. The van der Waals surface area contributed by atoms with Crippen LogP contribution in [-0.4, -0.2) is 29.0 Å². The second-order valence-corrected chi connectivity index (χ2v) is 9.59. The summed E-state index contributed by atoms with van der Waals surface area (Å²) in [5.41, 5.74) is 2.92. The molecule has 0 aromatic heterocycles. The van der Waals surface area contributed by atoms with Gasteiger partial charge in [0.25, 0.3) is 11.8 Å². The largest absolute Gasteiger partial charge is 0.311 e. The zero-order chi connectivity index (χ0) is 21.6. The average molecular weight is 469 g/mol. The average Bonchev–Trinajstić information content (AvgIpc) is 3.32. The van der Waals surface area contributed by atoms with E-state index >= 15 is 0 Å². The molecule has 0 radical (unpaired) electrons. The fourth-order valence-corrected chi connectivity index (χ4v) is 6.10. The number of halogens is 2. The van der Waals surface area contributed by atoms with E-state index in [9.17, 15) is 9.59 Å². The molecular weight excluding hydrogens is 451 g/mol. The Morgan fingerprint density at radius 1 is 1.00 bits per heavy atom. The molecule has 5 rings (SSSR count). The summed E-state index contributed by atoms with van der Waals surface area (Å²) >= 11 is 14.2. The van der Waals surface area contributed by atoms with Crippen LogP contribution in [0.1, 0.15) is 21.5 Å². The molecule has 4 nitrogen and oxygen atoms in total. The molecule has 2 amide bonds. The van der Waals surface area contributed by atoms with Gasteiger partial charge in [0.15, 0.2) is 4.87 Å². The maximum atomic E-state index is 14.0. The van der Waals surface area contributed by atoms with E-state index < -0.39 is 4.87 Å². The van der Waals surface area contributed by atoms with Gasteiger partial charge in [-0.25, -0.2) is 0 Å². The van der Waals surface area contributed by atoms with Crippen LogP contribution < -0.4 is 4.90 Å². The highest BCUT2D eigenvalue weighted by atomic mass is 35.5. The third kappa shape index (κ3) is 3.23. The lowest BCUT2D eigenvalue weighted by molar-refractivity contribution is -0.123.